The number of nitrogens with zero attached hydrogens (tertiary/aromatic N) is 1. The molecule has 0 bridgehead atoms. The van der Waals surface area contributed by atoms with Gasteiger partial charge in [0.1, 0.15) is 5.75 Å². The minimum atomic E-state index is -0.333. The first-order valence-corrected chi connectivity index (χ1v) is 8.05. The lowest BCUT2D eigenvalue weighted by molar-refractivity contribution is 0.0954. The molecule has 0 fully saturated rings. The molecule has 1 N–H and O–H groups in total. The summed E-state index contributed by atoms with van der Waals surface area (Å²) in [6.45, 7) is 4.87. The Labute approximate surface area is 147 Å². The number of benzene rings is 2. The first-order chi connectivity index (χ1) is 12.2. The molecule has 0 heterocycles. The molecule has 132 valence electrons. The Hall–Kier alpha value is -3.02. The number of hydrogen-bond acceptors (Lipinski definition) is 5. The molecular weight excluding hydrogens is 320 g/mol. The molecule has 0 spiro atoms. The summed E-state index contributed by atoms with van der Waals surface area (Å²) in [6.07, 6.45) is 1.56. The van der Waals surface area contributed by atoms with E-state index in [0.29, 0.717) is 30.3 Å². The molecule has 1 amide bonds. The van der Waals surface area contributed by atoms with E-state index in [1.165, 1.54) is 0 Å². The van der Waals surface area contributed by atoms with Crippen molar-refractivity contribution in [3.63, 3.8) is 0 Å². The summed E-state index contributed by atoms with van der Waals surface area (Å²) in [5.74, 6) is 1.52. The summed E-state index contributed by atoms with van der Waals surface area (Å²) in [5.41, 5.74) is 3.76. The number of hydrazone groups is 1. The highest BCUT2D eigenvalue weighted by molar-refractivity contribution is 5.95. The quantitative estimate of drug-likeness (QED) is 0.590. The van der Waals surface area contributed by atoms with Gasteiger partial charge < -0.3 is 14.2 Å². The van der Waals surface area contributed by atoms with Gasteiger partial charge in [-0.25, -0.2) is 5.43 Å². The van der Waals surface area contributed by atoms with Crippen LogP contribution in [0.4, 0.5) is 0 Å². The first-order valence-electron chi connectivity index (χ1n) is 8.05. The molecule has 2 rings (SSSR count). The van der Waals surface area contributed by atoms with Crippen LogP contribution in [0.25, 0.3) is 0 Å². The highest BCUT2D eigenvalue weighted by Gasteiger charge is 2.10. The number of ether oxygens (including phenoxy) is 3. The molecule has 0 atom stereocenters. The Bertz CT molecular complexity index is 744. The molecule has 2 aromatic carbocycles. The van der Waals surface area contributed by atoms with Crippen LogP contribution in [0.5, 0.6) is 17.2 Å². The van der Waals surface area contributed by atoms with Gasteiger partial charge in [-0.1, -0.05) is 12.1 Å². The molecule has 0 aromatic heterocycles. The first kappa shape index (κ1) is 18.3. The van der Waals surface area contributed by atoms with Gasteiger partial charge in [-0.2, -0.15) is 5.10 Å². The molecule has 0 aliphatic rings. The molecule has 0 saturated carbocycles. The molecule has 2 aromatic rings. The van der Waals surface area contributed by atoms with Crippen molar-refractivity contribution in [2.24, 2.45) is 5.10 Å². The molecule has 0 radical (unpaired) electrons. The van der Waals surface area contributed by atoms with Crippen LogP contribution in [0.3, 0.4) is 0 Å². The lowest BCUT2D eigenvalue weighted by Crippen LogP contribution is -2.17. The second-order valence-electron chi connectivity index (χ2n) is 5.00. The summed E-state index contributed by atoms with van der Waals surface area (Å²) in [6, 6.07) is 12.4. The van der Waals surface area contributed by atoms with Gasteiger partial charge >= 0.3 is 0 Å². The van der Waals surface area contributed by atoms with Crippen LogP contribution >= 0.6 is 0 Å². The fourth-order valence-electron chi connectivity index (χ4n) is 2.17. The Balaban J connectivity index is 2.04. The van der Waals surface area contributed by atoms with Crippen LogP contribution in [0.15, 0.2) is 47.6 Å². The number of amides is 1. The maximum absolute atomic E-state index is 12.2. The van der Waals surface area contributed by atoms with E-state index < -0.39 is 0 Å². The standard InChI is InChI=1S/C19H22N2O4/c1-4-24-16-8-6-7-14(11-16)13-20-21-19(22)15-9-10-17(23-3)18(12-15)25-5-2/h6-13H,4-5H2,1-3H3,(H,21,22)/b20-13+. The van der Waals surface area contributed by atoms with Crippen molar-refractivity contribution in [2.75, 3.05) is 20.3 Å². The Morgan fingerprint density at radius 2 is 1.88 bits per heavy atom. The lowest BCUT2D eigenvalue weighted by Gasteiger charge is -2.10. The third kappa shape index (κ3) is 5.24. The van der Waals surface area contributed by atoms with Crippen molar-refractivity contribution in [3.8, 4) is 17.2 Å². The van der Waals surface area contributed by atoms with Gasteiger partial charge in [-0.3, -0.25) is 4.79 Å². The zero-order valence-corrected chi connectivity index (χ0v) is 14.6. The SMILES string of the molecule is CCOc1cccc(/C=N/NC(=O)c2ccc(OC)c(OCC)c2)c1. The van der Waals surface area contributed by atoms with Gasteiger partial charge in [0.25, 0.3) is 5.91 Å². The number of carbonyl (C=O) groups is 1. The zero-order valence-electron chi connectivity index (χ0n) is 14.6. The summed E-state index contributed by atoms with van der Waals surface area (Å²) in [5, 5.41) is 3.99. The van der Waals surface area contributed by atoms with Gasteiger partial charge in [-0.05, 0) is 49.7 Å². The van der Waals surface area contributed by atoms with E-state index in [0.717, 1.165) is 11.3 Å². The average molecular weight is 342 g/mol. The second-order valence-corrected chi connectivity index (χ2v) is 5.00. The average Bonchev–Trinajstić information content (AvgIpc) is 2.62. The van der Waals surface area contributed by atoms with E-state index in [1.807, 2.05) is 38.1 Å². The fraction of sp³-hybridized carbons (Fsp3) is 0.263. The molecule has 6 heteroatoms. The number of methoxy groups -OCH3 is 1. The van der Waals surface area contributed by atoms with E-state index in [1.54, 1.807) is 31.5 Å². The predicted octanol–water partition coefficient (Wildman–Crippen LogP) is 3.26. The second kappa shape index (κ2) is 9.32. The van der Waals surface area contributed by atoms with E-state index in [-0.39, 0.29) is 5.91 Å². The molecule has 0 unspecified atom stereocenters. The summed E-state index contributed by atoms with van der Waals surface area (Å²) in [7, 11) is 1.55. The number of rotatable bonds is 8. The minimum absolute atomic E-state index is 0.333. The Morgan fingerprint density at radius 3 is 2.60 bits per heavy atom. The number of hydrogen-bond donors (Lipinski definition) is 1. The number of nitrogens with one attached hydrogen (secondary N) is 1. The van der Waals surface area contributed by atoms with Gasteiger partial charge in [0, 0.05) is 5.56 Å². The number of carbonyl (C=O) groups excluding carboxylic acids is 1. The van der Waals surface area contributed by atoms with Crippen molar-refractivity contribution in [3.05, 3.63) is 53.6 Å². The van der Waals surface area contributed by atoms with Crippen LogP contribution in [-0.2, 0) is 0 Å². The van der Waals surface area contributed by atoms with E-state index in [2.05, 4.69) is 10.5 Å². The van der Waals surface area contributed by atoms with Crippen molar-refractivity contribution >= 4 is 12.1 Å². The van der Waals surface area contributed by atoms with Gasteiger partial charge in [0.2, 0.25) is 0 Å². The Morgan fingerprint density at radius 1 is 1.08 bits per heavy atom. The fourth-order valence-corrected chi connectivity index (χ4v) is 2.17. The molecular formula is C19H22N2O4. The van der Waals surface area contributed by atoms with Crippen LogP contribution in [-0.4, -0.2) is 32.4 Å². The normalized spacial score (nSPS) is 10.5. The van der Waals surface area contributed by atoms with Crippen LogP contribution in [0, 0.1) is 0 Å². The summed E-state index contributed by atoms with van der Waals surface area (Å²) >= 11 is 0. The van der Waals surface area contributed by atoms with E-state index >= 15 is 0 Å². The maximum atomic E-state index is 12.2. The van der Waals surface area contributed by atoms with Crippen molar-refractivity contribution in [1.82, 2.24) is 5.43 Å². The van der Waals surface area contributed by atoms with Gasteiger partial charge in [-0.15, -0.1) is 0 Å². The van der Waals surface area contributed by atoms with E-state index in [4.69, 9.17) is 14.2 Å². The smallest absolute Gasteiger partial charge is 0.271 e. The van der Waals surface area contributed by atoms with E-state index in [9.17, 15) is 4.79 Å². The summed E-state index contributed by atoms with van der Waals surface area (Å²) < 4.78 is 16.1. The zero-order chi connectivity index (χ0) is 18.1. The largest absolute Gasteiger partial charge is 0.494 e. The molecule has 0 saturated heterocycles. The Kier molecular flexibility index (Phi) is 6.83. The molecule has 0 aliphatic heterocycles. The highest BCUT2D eigenvalue weighted by Crippen LogP contribution is 2.27. The van der Waals surface area contributed by atoms with Crippen LogP contribution < -0.4 is 19.6 Å². The van der Waals surface area contributed by atoms with Gasteiger partial charge in [0.15, 0.2) is 11.5 Å². The maximum Gasteiger partial charge on any atom is 0.271 e. The minimum Gasteiger partial charge on any atom is -0.494 e. The van der Waals surface area contributed by atoms with Crippen molar-refractivity contribution in [2.45, 2.75) is 13.8 Å². The molecule has 0 aliphatic carbocycles. The predicted molar refractivity (Wildman–Crippen MR) is 96.8 cm³/mol. The third-order valence-corrected chi connectivity index (χ3v) is 3.27. The van der Waals surface area contributed by atoms with Crippen molar-refractivity contribution < 1.29 is 19.0 Å². The molecule has 6 nitrogen and oxygen atoms in total. The van der Waals surface area contributed by atoms with Gasteiger partial charge in [0.05, 0.1) is 26.5 Å². The molecule has 25 heavy (non-hydrogen) atoms. The highest BCUT2D eigenvalue weighted by atomic mass is 16.5. The monoisotopic (exact) mass is 342 g/mol. The van der Waals surface area contributed by atoms with Crippen molar-refractivity contribution in [1.29, 1.82) is 0 Å². The topological polar surface area (TPSA) is 69.2 Å². The van der Waals surface area contributed by atoms with Crippen LogP contribution in [0.1, 0.15) is 29.8 Å². The summed E-state index contributed by atoms with van der Waals surface area (Å²) in [4.78, 5) is 12.2. The van der Waals surface area contributed by atoms with Crippen LogP contribution in [0.2, 0.25) is 0 Å². The third-order valence-electron chi connectivity index (χ3n) is 3.27. The lowest BCUT2D eigenvalue weighted by atomic mass is 10.2.